The smallest absolute Gasteiger partial charge is 0.263 e. The molecule has 12 heavy (non-hydrogen) atoms. The molecule has 1 aliphatic rings. The molecule has 0 saturated carbocycles. The maximum atomic E-state index is 7.05. The van der Waals surface area contributed by atoms with Gasteiger partial charge in [0.25, 0.3) is 5.96 Å². The fourth-order valence-corrected chi connectivity index (χ4v) is 1.09. The Bertz CT molecular complexity index is 217. The first-order valence-electron chi connectivity index (χ1n) is 4.41. The number of azo groups is 1. The molecule has 1 heterocycles. The summed E-state index contributed by atoms with van der Waals surface area (Å²) in [5.74, 6) is 0.761. The summed E-state index contributed by atoms with van der Waals surface area (Å²) in [5.41, 5.74) is 0. The fraction of sp³-hybridized carbons (Fsp3) is 0.750. The Balaban J connectivity index is 2.12. The molecule has 1 N–H and O–H groups in total. The summed E-state index contributed by atoms with van der Waals surface area (Å²) in [7, 11) is 0. The molecule has 4 heteroatoms. The second-order valence-corrected chi connectivity index (χ2v) is 2.86. The third kappa shape index (κ3) is 2.90. The summed E-state index contributed by atoms with van der Waals surface area (Å²) in [6, 6.07) is 0. The molecule has 1 aliphatic heterocycles. The number of hydrogen-bond donors (Lipinski definition) is 1. The van der Waals surface area contributed by atoms with Crippen LogP contribution in [0.25, 0.3) is 0 Å². The number of nitrogens with zero attached hydrogens (tertiary/aromatic N) is 3. The molecule has 0 aliphatic carbocycles. The topological polar surface area (TPSA) is 60.9 Å². The zero-order chi connectivity index (χ0) is 8.81. The molecule has 4 nitrogen and oxygen atoms in total. The molecule has 0 atom stereocenters. The van der Waals surface area contributed by atoms with Gasteiger partial charge < -0.3 is 0 Å². The maximum absolute atomic E-state index is 7.05. The number of guanidine groups is 1. The minimum absolute atomic E-state index is 0.0421. The lowest BCUT2D eigenvalue weighted by Gasteiger charge is -1.95. The predicted octanol–water partition coefficient (Wildman–Crippen LogP) is 2.76. The van der Waals surface area contributed by atoms with Crippen LogP contribution >= 0.6 is 0 Å². The molecule has 0 fully saturated rings. The van der Waals surface area contributed by atoms with Crippen molar-refractivity contribution in [2.45, 2.75) is 39.0 Å². The Hall–Kier alpha value is -1.06. The summed E-state index contributed by atoms with van der Waals surface area (Å²) >= 11 is 0. The second-order valence-electron chi connectivity index (χ2n) is 2.86. The van der Waals surface area contributed by atoms with Crippen molar-refractivity contribution in [2.24, 2.45) is 15.2 Å². The van der Waals surface area contributed by atoms with E-state index in [4.69, 9.17) is 5.41 Å². The van der Waals surface area contributed by atoms with Crippen LogP contribution in [0.2, 0.25) is 0 Å². The quantitative estimate of drug-likeness (QED) is 0.610. The molecule has 0 bridgehead atoms. The lowest BCUT2D eigenvalue weighted by atomic mass is 10.1. The van der Waals surface area contributed by atoms with Gasteiger partial charge in [0.1, 0.15) is 0 Å². The minimum atomic E-state index is 0.0421. The average Bonchev–Trinajstić information content (AvgIpc) is 2.45. The largest absolute Gasteiger partial charge is 0.264 e. The first-order chi connectivity index (χ1) is 5.83. The van der Waals surface area contributed by atoms with Gasteiger partial charge in [-0.05, 0) is 6.42 Å². The maximum Gasteiger partial charge on any atom is 0.263 e. The van der Waals surface area contributed by atoms with Gasteiger partial charge in [0.05, 0.1) is 0 Å². The van der Waals surface area contributed by atoms with Crippen LogP contribution in [0, 0.1) is 5.41 Å². The SMILES string of the molecule is CCCCCCC1=NC(=N)N=N1. The van der Waals surface area contributed by atoms with E-state index in [0.29, 0.717) is 0 Å². The molecule has 0 aromatic carbocycles. The van der Waals surface area contributed by atoms with Crippen molar-refractivity contribution in [3.8, 4) is 0 Å². The third-order valence-corrected chi connectivity index (χ3v) is 1.75. The van der Waals surface area contributed by atoms with Gasteiger partial charge >= 0.3 is 0 Å². The van der Waals surface area contributed by atoms with Crippen molar-refractivity contribution < 1.29 is 0 Å². The van der Waals surface area contributed by atoms with Gasteiger partial charge in [0.15, 0.2) is 5.84 Å². The lowest BCUT2D eigenvalue weighted by Crippen LogP contribution is -1.90. The number of rotatable bonds is 5. The van der Waals surface area contributed by atoms with E-state index in [2.05, 4.69) is 22.1 Å². The first kappa shape index (κ1) is 9.03. The number of hydrogen-bond acceptors (Lipinski definition) is 2. The summed E-state index contributed by atoms with van der Waals surface area (Å²) < 4.78 is 0. The number of aliphatic imine (C=N–C) groups is 1. The van der Waals surface area contributed by atoms with Gasteiger partial charge in [-0.3, -0.25) is 5.41 Å². The lowest BCUT2D eigenvalue weighted by molar-refractivity contribution is 0.682. The average molecular weight is 166 g/mol. The summed E-state index contributed by atoms with van der Waals surface area (Å²) in [6.45, 7) is 2.18. The van der Waals surface area contributed by atoms with E-state index in [9.17, 15) is 0 Å². The Kier molecular flexibility index (Phi) is 3.57. The molecule has 1 rings (SSSR count). The number of unbranched alkanes of at least 4 members (excludes halogenated alkanes) is 3. The molecule has 0 aromatic heterocycles. The number of amidine groups is 1. The van der Waals surface area contributed by atoms with Crippen LogP contribution in [-0.4, -0.2) is 11.8 Å². The van der Waals surface area contributed by atoms with Crippen LogP contribution < -0.4 is 0 Å². The fourth-order valence-electron chi connectivity index (χ4n) is 1.09. The molecular weight excluding hydrogens is 152 g/mol. The normalized spacial score (nSPS) is 15.4. The van der Waals surface area contributed by atoms with Gasteiger partial charge in [-0.2, -0.15) is 4.99 Å². The van der Waals surface area contributed by atoms with Crippen molar-refractivity contribution >= 4 is 11.8 Å². The third-order valence-electron chi connectivity index (χ3n) is 1.75. The molecule has 0 aromatic rings. The van der Waals surface area contributed by atoms with Crippen molar-refractivity contribution in [1.82, 2.24) is 0 Å². The van der Waals surface area contributed by atoms with E-state index < -0.39 is 0 Å². The number of nitrogens with one attached hydrogen (secondary N) is 1. The zero-order valence-electron chi connectivity index (χ0n) is 7.38. The van der Waals surface area contributed by atoms with Crippen molar-refractivity contribution in [3.63, 3.8) is 0 Å². The molecule has 0 saturated heterocycles. The van der Waals surface area contributed by atoms with Gasteiger partial charge in [-0.15, -0.1) is 10.2 Å². The zero-order valence-corrected chi connectivity index (χ0v) is 7.38. The molecule has 0 amide bonds. The molecule has 0 unspecified atom stereocenters. The van der Waals surface area contributed by atoms with Gasteiger partial charge in [0.2, 0.25) is 0 Å². The van der Waals surface area contributed by atoms with E-state index in [1.54, 1.807) is 0 Å². The summed E-state index contributed by atoms with van der Waals surface area (Å²) in [4.78, 5) is 3.85. The van der Waals surface area contributed by atoms with Crippen LogP contribution in [0.5, 0.6) is 0 Å². The minimum Gasteiger partial charge on any atom is -0.264 e. The molecule has 66 valence electrons. The monoisotopic (exact) mass is 166 g/mol. The van der Waals surface area contributed by atoms with Crippen LogP contribution in [0.4, 0.5) is 0 Å². The predicted molar refractivity (Wildman–Crippen MR) is 48.8 cm³/mol. The molecule has 0 spiro atoms. The van der Waals surface area contributed by atoms with Crippen molar-refractivity contribution in [2.75, 3.05) is 0 Å². The highest BCUT2D eigenvalue weighted by Crippen LogP contribution is 2.07. The van der Waals surface area contributed by atoms with E-state index in [-0.39, 0.29) is 5.96 Å². The Morgan fingerprint density at radius 2 is 2.00 bits per heavy atom. The highest BCUT2D eigenvalue weighted by Gasteiger charge is 2.05. The van der Waals surface area contributed by atoms with Crippen molar-refractivity contribution in [3.05, 3.63) is 0 Å². The van der Waals surface area contributed by atoms with Crippen molar-refractivity contribution in [1.29, 1.82) is 5.41 Å². The Labute approximate surface area is 72.3 Å². The van der Waals surface area contributed by atoms with Crippen LogP contribution in [0.3, 0.4) is 0 Å². The van der Waals surface area contributed by atoms with E-state index in [1.807, 2.05) is 0 Å². The summed E-state index contributed by atoms with van der Waals surface area (Å²) in [6.07, 6.45) is 5.70. The van der Waals surface area contributed by atoms with E-state index in [1.165, 1.54) is 19.3 Å². The van der Waals surface area contributed by atoms with E-state index in [0.717, 1.165) is 18.7 Å². The van der Waals surface area contributed by atoms with E-state index >= 15 is 0 Å². The second kappa shape index (κ2) is 4.74. The van der Waals surface area contributed by atoms with Gasteiger partial charge in [-0.1, -0.05) is 26.2 Å². The standard InChI is InChI=1S/C8H14N4/c1-2-3-4-5-6-7-10-8(9)12-11-7/h9H,2-6H2,1H3. The van der Waals surface area contributed by atoms with Gasteiger partial charge in [-0.25, -0.2) is 0 Å². The molecule has 0 radical (unpaired) electrons. The van der Waals surface area contributed by atoms with Crippen LogP contribution in [-0.2, 0) is 0 Å². The Morgan fingerprint density at radius 1 is 1.17 bits per heavy atom. The highest BCUT2D eigenvalue weighted by atomic mass is 15.3. The van der Waals surface area contributed by atoms with Crippen LogP contribution in [0.1, 0.15) is 39.0 Å². The first-order valence-corrected chi connectivity index (χ1v) is 4.41. The summed E-state index contributed by atoms with van der Waals surface area (Å²) in [5, 5.41) is 14.3. The van der Waals surface area contributed by atoms with Gasteiger partial charge in [0, 0.05) is 6.42 Å². The van der Waals surface area contributed by atoms with Crippen LogP contribution in [0.15, 0.2) is 15.2 Å². The molecular formula is C8H14N4. The highest BCUT2D eigenvalue weighted by molar-refractivity contribution is 5.99. The Morgan fingerprint density at radius 3 is 2.58 bits per heavy atom.